The maximum Gasteiger partial charge on any atom is 0.224 e. The number of amides is 1. The molecule has 0 heterocycles. The van der Waals surface area contributed by atoms with E-state index in [1.165, 1.54) is 0 Å². The molecule has 1 aromatic carbocycles. The minimum atomic E-state index is -0.0387. The van der Waals surface area contributed by atoms with Gasteiger partial charge in [0.25, 0.3) is 0 Å². The van der Waals surface area contributed by atoms with Crippen molar-refractivity contribution < 1.29 is 9.90 Å². The molecule has 1 aromatic rings. The molecule has 1 rings (SSSR count). The highest BCUT2D eigenvalue weighted by molar-refractivity contribution is 9.10. The maximum absolute atomic E-state index is 12.0. The number of nitrogens with one attached hydrogen (secondary N) is 1. The Kier molecular flexibility index (Phi) is 6.89. The zero-order chi connectivity index (χ0) is 14.4. The summed E-state index contributed by atoms with van der Waals surface area (Å²) in [6.07, 6.45) is 2.30. The highest BCUT2D eigenvalue weighted by atomic mass is 79.9. The van der Waals surface area contributed by atoms with Crippen molar-refractivity contribution in [1.29, 1.82) is 0 Å². The first kappa shape index (κ1) is 16.5. The van der Waals surface area contributed by atoms with Crippen LogP contribution < -0.4 is 5.32 Å². The van der Waals surface area contributed by atoms with Crippen LogP contribution in [0.15, 0.2) is 22.7 Å². The third kappa shape index (κ3) is 5.16. The minimum absolute atomic E-state index is 0.00887. The van der Waals surface area contributed by atoms with Crippen LogP contribution in [-0.4, -0.2) is 35.2 Å². The largest absolute Gasteiger partial charge is 0.395 e. The van der Waals surface area contributed by atoms with Crippen molar-refractivity contribution in [2.75, 3.05) is 12.9 Å². The van der Waals surface area contributed by atoms with E-state index in [1.807, 2.05) is 38.3 Å². The molecule has 0 aliphatic heterocycles. The Hall–Kier alpha value is -0.520. The average molecular weight is 346 g/mol. The van der Waals surface area contributed by atoms with Crippen LogP contribution in [0.3, 0.4) is 0 Å². The molecule has 3 nitrogen and oxygen atoms in total. The molecule has 0 aliphatic rings. The fourth-order valence-corrected chi connectivity index (χ4v) is 2.97. The SMILES string of the molecule is CSC(CO)C(C)NC(=O)Cc1ccc(Br)cc1C. The summed E-state index contributed by atoms with van der Waals surface area (Å²) in [4.78, 5) is 12.0. The topological polar surface area (TPSA) is 49.3 Å². The van der Waals surface area contributed by atoms with E-state index in [0.717, 1.165) is 15.6 Å². The number of thioether (sulfide) groups is 1. The maximum atomic E-state index is 12.0. The van der Waals surface area contributed by atoms with Crippen molar-refractivity contribution in [2.45, 2.75) is 31.6 Å². The molecule has 2 N–H and O–H groups in total. The molecule has 0 fully saturated rings. The van der Waals surface area contributed by atoms with Gasteiger partial charge in [0.05, 0.1) is 13.0 Å². The van der Waals surface area contributed by atoms with E-state index >= 15 is 0 Å². The van der Waals surface area contributed by atoms with E-state index in [2.05, 4.69) is 21.2 Å². The first-order valence-corrected chi connectivity index (χ1v) is 8.24. The van der Waals surface area contributed by atoms with E-state index in [4.69, 9.17) is 0 Å². The second-order valence-corrected chi connectivity index (χ2v) is 6.55. The second-order valence-electron chi connectivity index (χ2n) is 4.56. The van der Waals surface area contributed by atoms with E-state index in [1.54, 1.807) is 11.8 Å². The number of hydrogen-bond donors (Lipinski definition) is 2. The van der Waals surface area contributed by atoms with Gasteiger partial charge < -0.3 is 10.4 Å². The first-order chi connectivity index (χ1) is 8.97. The van der Waals surface area contributed by atoms with Crippen LogP contribution in [0.1, 0.15) is 18.1 Å². The number of aryl methyl sites for hydroxylation is 1. The molecular weight excluding hydrogens is 326 g/mol. The fraction of sp³-hybridized carbons (Fsp3) is 0.500. The van der Waals surface area contributed by atoms with E-state index in [0.29, 0.717) is 6.42 Å². The number of carbonyl (C=O) groups excluding carboxylic acids is 1. The number of rotatable bonds is 6. The van der Waals surface area contributed by atoms with Gasteiger partial charge in [-0.15, -0.1) is 0 Å². The molecule has 1 amide bonds. The third-order valence-electron chi connectivity index (χ3n) is 3.08. The molecule has 2 unspecified atom stereocenters. The number of halogens is 1. The van der Waals surface area contributed by atoms with Crippen molar-refractivity contribution in [3.63, 3.8) is 0 Å². The summed E-state index contributed by atoms with van der Waals surface area (Å²) in [5, 5.41) is 12.2. The van der Waals surface area contributed by atoms with E-state index < -0.39 is 0 Å². The van der Waals surface area contributed by atoms with Crippen molar-refractivity contribution in [1.82, 2.24) is 5.32 Å². The van der Waals surface area contributed by atoms with Crippen LogP contribution in [0.4, 0.5) is 0 Å². The van der Waals surface area contributed by atoms with E-state index in [-0.39, 0.29) is 23.8 Å². The minimum Gasteiger partial charge on any atom is -0.395 e. The first-order valence-electron chi connectivity index (χ1n) is 6.16. The van der Waals surface area contributed by atoms with Gasteiger partial charge in [-0.1, -0.05) is 22.0 Å². The Morgan fingerprint density at radius 1 is 1.53 bits per heavy atom. The molecule has 5 heteroatoms. The number of carbonyl (C=O) groups is 1. The van der Waals surface area contributed by atoms with Crippen molar-refractivity contribution in [2.24, 2.45) is 0 Å². The molecule has 19 heavy (non-hydrogen) atoms. The molecule has 0 saturated heterocycles. The Morgan fingerprint density at radius 3 is 2.74 bits per heavy atom. The number of benzene rings is 1. The Labute approximate surface area is 127 Å². The Morgan fingerprint density at radius 2 is 2.21 bits per heavy atom. The van der Waals surface area contributed by atoms with Gasteiger partial charge in [-0.25, -0.2) is 0 Å². The zero-order valence-electron chi connectivity index (χ0n) is 11.4. The molecule has 0 spiro atoms. The number of aliphatic hydroxyl groups excluding tert-OH is 1. The van der Waals surface area contributed by atoms with Gasteiger partial charge in [0.15, 0.2) is 0 Å². The monoisotopic (exact) mass is 345 g/mol. The second kappa shape index (κ2) is 7.92. The number of hydrogen-bond acceptors (Lipinski definition) is 3. The molecule has 0 radical (unpaired) electrons. The van der Waals surface area contributed by atoms with Crippen LogP contribution in [0.2, 0.25) is 0 Å². The molecule has 0 aromatic heterocycles. The lowest BCUT2D eigenvalue weighted by Crippen LogP contribution is -2.41. The highest BCUT2D eigenvalue weighted by Gasteiger charge is 2.17. The predicted molar refractivity (Wildman–Crippen MR) is 84.6 cm³/mol. The Bertz CT molecular complexity index is 435. The van der Waals surface area contributed by atoms with Crippen LogP contribution in [0, 0.1) is 6.92 Å². The van der Waals surface area contributed by atoms with Gasteiger partial charge in [-0.05, 0) is 43.4 Å². The molecule has 2 atom stereocenters. The summed E-state index contributed by atoms with van der Waals surface area (Å²) < 4.78 is 1.02. The van der Waals surface area contributed by atoms with Crippen molar-refractivity contribution >= 4 is 33.6 Å². The van der Waals surface area contributed by atoms with Crippen LogP contribution in [0.5, 0.6) is 0 Å². The molecule has 0 saturated carbocycles. The van der Waals surface area contributed by atoms with Crippen molar-refractivity contribution in [3.05, 3.63) is 33.8 Å². The summed E-state index contributed by atoms with van der Waals surface area (Å²) in [5.41, 5.74) is 2.12. The standard InChI is InChI=1S/C14H20BrNO2S/c1-9-6-12(15)5-4-11(9)7-14(18)16-10(2)13(8-17)19-3/h4-6,10,13,17H,7-8H2,1-3H3,(H,16,18). The smallest absolute Gasteiger partial charge is 0.224 e. The van der Waals surface area contributed by atoms with Gasteiger partial charge in [0.1, 0.15) is 0 Å². The molecule has 106 valence electrons. The lowest BCUT2D eigenvalue weighted by Gasteiger charge is -2.21. The summed E-state index contributed by atoms with van der Waals surface area (Å²) in [6, 6.07) is 5.87. The van der Waals surface area contributed by atoms with Crippen LogP contribution in [-0.2, 0) is 11.2 Å². The summed E-state index contributed by atoms with van der Waals surface area (Å²) >= 11 is 4.97. The average Bonchev–Trinajstić information content (AvgIpc) is 2.34. The molecule has 0 aliphatic carbocycles. The summed E-state index contributed by atoms with van der Waals surface area (Å²) in [5.74, 6) is -0.00887. The summed E-state index contributed by atoms with van der Waals surface area (Å²) in [6.45, 7) is 3.98. The normalized spacial score (nSPS) is 13.9. The predicted octanol–water partition coefficient (Wildman–Crippen LogP) is 2.53. The van der Waals surface area contributed by atoms with Crippen LogP contribution >= 0.6 is 27.7 Å². The zero-order valence-corrected chi connectivity index (χ0v) is 13.8. The van der Waals surface area contributed by atoms with Gasteiger partial charge in [-0.2, -0.15) is 11.8 Å². The van der Waals surface area contributed by atoms with E-state index in [9.17, 15) is 9.90 Å². The van der Waals surface area contributed by atoms with Gasteiger partial charge >= 0.3 is 0 Å². The molecule has 0 bridgehead atoms. The van der Waals surface area contributed by atoms with Crippen molar-refractivity contribution in [3.8, 4) is 0 Å². The van der Waals surface area contributed by atoms with Gasteiger partial charge in [-0.3, -0.25) is 4.79 Å². The van der Waals surface area contributed by atoms with Crippen LogP contribution in [0.25, 0.3) is 0 Å². The highest BCUT2D eigenvalue weighted by Crippen LogP contribution is 2.16. The lowest BCUT2D eigenvalue weighted by molar-refractivity contribution is -0.121. The third-order valence-corrected chi connectivity index (χ3v) is 4.74. The molecular formula is C14H20BrNO2S. The lowest BCUT2D eigenvalue weighted by atomic mass is 10.1. The quantitative estimate of drug-likeness (QED) is 0.832. The van der Waals surface area contributed by atoms with Gasteiger partial charge in [0.2, 0.25) is 5.91 Å². The summed E-state index contributed by atoms with van der Waals surface area (Å²) in [7, 11) is 0. The Balaban J connectivity index is 2.60. The number of aliphatic hydroxyl groups is 1. The fourth-order valence-electron chi connectivity index (χ4n) is 1.87. The van der Waals surface area contributed by atoms with Gasteiger partial charge in [0, 0.05) is 15.8 Å².